The van der Waals surface area contributed by atoms with E-state index in [-0.39, 0.29) is 0 Å². The lowest BCUT2D eigenvalue weighted by molar-refractivity contribution is 0.453. The molecule has 1 fully saturated rings. The number of nitrogens with one attached hydrogen (secondary N) is 1. The normalized spacial score (nSPS) is 20.5. The lowest BCUT2D eigenvalue weighted by atomic mass is 9.90. The van der Waals surface area contributed by atoms with Gasteiger partial charge in [-0.1, -0.05) is 18.9 Å². The van der Waals surface area contributed by atoms with Crippen molar-refractivity contribution in [3.63, 3.8) is 0 Å². The number of aromatic nitrogens is 1. The third kappa shape index (κ3) is 2.73. The van der Waals surface area contributed by atoms with Gasteiger partial charge in [0.25, 0.3) is 0 Å². The van der Waals surface area contributed by atoms with E-state index < -0.39 is 0 Å². The highest BCUT2D eigenvalue weighted by Gasteiger charge is 2.29. The summed E-state index contributed by atoms with van der Waals surface area (Å²) in [5.41, 5.74) is 5.40. The van der Waals surface area contributed by atoms with Gasteiger partial charge >= 0.3 is 0 Å². The number of nitrogens with zero attached hydrogens (tertiary/aromatic N) is 2. The average Bonchev–Trinajstić information content (AvgIpc) is 3.39. The largest absolute Gasteiger partial charge is 0.343 e. The van der Waals surface area contributed by atoms with Gasteiger partial charge in [-0.3, -0.25) is 4.98 Å². The topological polar surface area (TPSA) is 28.2 Å². The van der Waals surface area contributed by atoms with Crippen molar-refractivity contribution < 1.29 is 0 Å². The minimum absolute atomic E-state index is 0.540. The zero-order chi connectivity index (χ0) is 14.9. The number of anilines is 2. The van der Waals surface area contributed by atoms with Crippen molar-refractivity contribution in [2.45, 2.75) is 31.7 Å². The Morgan fingerprint density at radius 2 is 2.14 bits per heavy atom. The molecule has 0 saturated heterocycles. The van der Waals surface area contributed by atoms with E-state index in [1.54, 1.807) is 0 Å². The van der Waals surface area contributed by atoms with Gasteiger partial charge in [-0.25, -0.2) is 0 Å². The molecule has 1 unspecified atom stereocenters. The van der Waals surface area contributed by atoms with Gasteiger partial charge in [0.15, 0.2) is 0 Å². The van der Waals surface area contributed by atoms with Gasteiger partial charge in [-0.2, -0.15) is 0 Å². The Labute approximate surface area is 132 Å². The van der Waals surface area contributed by atoms with E-state index in [0.29, 0.717) is 6.04 Å². The maximum atomic E-state index is 4.23. The van der Waals surface area contributed by atoms with Crippen molar-refractivity contribution in [3.8, 4) is 0 Å². The third-order valence-electron chi connectivity index (χ3n) is 4.98. The number of benzene rings is 1. The highest BCUT2D eigenvalue weighted by atomic mass is 15.1. The summed E-state index contributed by atoms with van der Waals surface area (Å²) in [6, 6.07) is 11.6. The van der Waals surface area contributed by atoms with Crippen LogP contribution in [0.25, 0.3) is 0 Å². The van der Waals surface area contributed by atoms with Crippen LogP contribution in [0.15, 0.2) is 42.7 Å². The van der Waals surface area contributed by atoms with Crippen molar-refractivity contribution in [1.82, 2.24) is 10.3 Å². The smallest absolute Gasteiger partial charge is 0.0594 e. The van der Waals surface area contributed by atoms with Gasteiger partial charge in [0.2, 0.25) is 0 Å². The van der Waals surface area contributed by atoms with E-state index in [4.69, 9.17) is 0 Å². The Hall–Kier alpha value is -1.87. The van der Waals surface area contributed by atoms with Gasteiger partial charge in [-0.05, 0) is 60.7 Å². The van der Waals surface area contributed by atoms with Gasteiger partial charge in [-0.15, -0.1) is 0 Å². The molecule has 2 aromatic rings. The van der Waals surface area contributed by atoms with Crippen LogP contribution in [0.3, 0.4) is 0 Å². The van der Waals surface area contributed by atoms with Gasteiger partial charge in [0.1, 0.15) is 0 Å². The first-order valence-corrected chi connectivity index (χ1v) is 8.31. The number of pyridine rings is 1. The minimum Gasteiger partial charge on any atom is -0.343 e. The quantitative estimate of drug-likeness (QED) is 0.928. The van der Waals surface area contributed by atoms with Crippen LogP contribution in [0.4, 0.5) is 11.4 Å². The molecule has 0 amide bonds. The van der Waals surface area contributed by atoms with Crippen molar-refractivity contribution in [2.75, 3.05) is 18.5 Å². The Morgan fingerprint density at radius 3 is 2.91 bits per heavy atom. The second-order valence-corrected chi connectivity index (χ2v) is 6.59. The first-order chi connectivity index (χ1) is 10.8. The van der Waals surface area contributed by atoms with E-state index in [1.165, 1.54) is 36.1 Å². The van der Waals surface area contributed by atoms with Gasteiger partial charge in [0, 0.05) is 25.0 Å². The van der Waals surface area contributed by atoms with E-state index in [2.05, 4.69) is 46.5 Å². The lowest BCUT2D eigenvalue weighted by Gasteiger charge is -2.29. The van der Waals surface area contributed by atoms with Crippen molar-refractivity contribution in [1.29, 1.82) is 0 Å². The van der Waals surface area contributed by atoms with Crippen LogP contribution >= 0.6 is 0 Å². The van der Waals surface area contributed by atoms with Gasteiger partial charge < -0.3 is 10.2 Å². The Bertz CT molecular complexity index is 649. The molecule has 1 aliphatic carbocycles. The molecule has 1 aromatic heterocycles. The second kappa shape index (κ2) is 5.73. The first-order valence-electron chi connectivity index (χ1n) is 8.31. The zero-order valence-corrected chi connectivity index (χ0v) is 13.1. The molecule has 1 aliphatic heterocycles. The summed E-state index contributed by atoms with van der Waals surface area (Å²) >= 11 is 0. The maximum Gasteiger partial charge on any atom is 0.0594 e. The second-order valence-electron chi connectivity index (χ2n) is 6.59. The Kier molecular flexibility index (Phi) is 3.59. The minimum atomic E-state index is 0.540. The molecule has 3 nitrogen and oxygen atoms in total. The number of fused-ring (bicyclic) bond motifs is 1. The molecule has 2 heterocycles. The Balaban J connectivity index is 1.64. The molecule has 1 atom stereocenters. The molecule has 2 aliphatic rings. The maximum absolute atomic E-state index is 4.23. The predicted molar refractivity (Wildman–Crippen MR) is 90.5 cm³/mol. The van der Waals surface area contributed by atoms with Crippen LogP contribution in [0.5, 0.6) is 0 Å². The number of hydrogen-bond acceptors (Lipinski definition) is 3. The van der Waals surface area contributed by atoms with Crippen LogP contribution in [0, 0.1) is 5.92 Å². The summed E-state index contributed by atoms with van der Waals surface area (Å²) in [5.74, 6) is 0.947. The summed E-state index contributed by atoms with van der Waals surface area (Å²) in [7, 11) is 2.12. The third-order valence-corrected chi connectivity index (χ3v) is 4.98. The van der Waals surface area contributed by atoms with Crippen LogP contribution in [-0.2, 0) is 6.42 Å². The standard InChI is InChI=1S/C19H23N3/c1-22(17-3-2-9-20-13-17)16-7-6-15-8-10-21-19(18(15)12-16)11-14-4-5-14/h2-3,6-7,9,12-14,19,21H,4-5,8,10-11H2,1H3. The Morgan fingerprint density at radius 1 is 1.23 bits per heavy atom. The first kappa shape index (κ1) is 13.8. The fourth-order valence-corrected chi connectivity index (χ4v) is 3.43. The monoisotopic (exact) mass is 293 g/mol. The fourth-order valence-electron chi connectivity index (χ4n) is 3.43. The van der Waals surface area contributed by atoms with E-state index >= 15 is 0 Å². The van der Waals surface area contributed by atoms with Crippen molar-refractivity contribution >= 4 is 11.4 Å². The summed E-state index contributed by atoms with van der Waals surface area (Å²) in [6.07, 6.45) is 9.02. The SMILES string of the molecule is CN(c1cccnc1)c1ccc2c(c1)C(CC1CC1)NCC2. The lowest BCUT2D eigenvalue weighted by Crippen LogP contribution is -2.30. The molecule has 1 saturated carbocycles. The van der Waals surface area contributed by atoms with Gasteiger partial charge in [0.05, 0.1) is 11.9 Å². The summed E-state index contributed by atoms with van der Waals surface area (Å²) in [4.78, 5) is 6.45. The van der Waals surface area contributed by atoms with Crippen molar-refractivity contribution in [3.05, 3.63) is 53.9 Å². The molecular weight excluding hydrogens is 270 g/mol. The van der Waals surface area contributed by atoms with Crippen LogP contribution in [0.1, 0.15) is 36.4 Å². The van der Waals surface area contributed by atoms with Crippen molar-refractivity contribution in [2.24, 2.45) is 5.92 Å². The molecule has 1 N–H and O–H groups in total. The number of hydrogen-bond donors (Lipinski definition) is 1. The molecule has 4 rings (SSSR count). The molecule has 0 bridgehead atoms. The van der Waals surface area contributed by atoms with E-state index in [1.807, 2.05) is 18.5 Å². The molecular formula is C19H23N3. The zero-order valence-electron chi connectivity index (χ0n) is 13.1. The van der Waals surface area contributed by atoms with E-state index in [0.717, 1.165) is 24.6 Å². The van der Waals surface area contributed by atoms with Crippen LogP contribution in [0.2, 0.25) is 0 Å². The molecule has 22 heavy (non-hydrogen) atoms. The van der Waals surface area contributed by atoms with Crippen LogP contribution in [-0.4, -0.2) is 18.6 Å². The van der Waals surface area contributed by atoms with Crippen LogP contribution < -0.4 is 10.2 Å². The molecule has 3 heteroatoms. The fraction of sp³-hybridized carbons (Fsp3) is 0.421. The van der Waals surface area contributed by atoms with E-state index in [9.17, 15) is 0 Å². The summed E-state index contributed by atoms with van der Waals surface area (Å²) in [5, 5.41) is 3.72. The molecule has 0 radical (unpaired) electrons. The average molecular weight is 293 g/mol. The summed E-state index contributed by atoms with van der Waals surface area (Å²) < 4.78 is 0. The number of rotatable bonds is 4. The highest BCUT2D eigenvalue weighted by Crippen LogP contribution is 2.40. The predicted octanol–water partition coefficient (Wildman–Crippen LogP) is 3.84. The highest BCUT2D eigenvalue weighted by molar-refractivity contribution is 5.63. The molecule has 114 valence electrons. The molecule has 1 aromatic carbocycles. The molecule has 0 spiro atoms. The summed E-state index contributed by atoms with van der Waals surface area (Å²) in [6.45, 7) is 1.11.